The molecule has 0 aliphatic heterocycles. The van der Waals surface area contributed by atoms with E-state index in [1.54, 1.807) is 0 Å². The number of sulfone groups is 1. The number of nitrogens with one attached hydrogen (secondary N) is 1. The second-order valence-electron chi connectivity index (χ2n) is 2.51. The molecule has 0 saturated carbocycles. The maximum absolute atomic E-state index is 10.9. The van der Waals surface area contributed by atoms with Crippen LogP contribution in [0.5, 0.6) is 0 Å². The van der Waals surface area contributed by atoms with Gasteiger partial charge in [-0.1, -0.05) is 0 Å². The Hall–Kier alpha value is -1.70. The topological polar surface area (TPSA) is 117 Å². The van der Waals surface area contributed by atoms with E-state index in [0.717, 1.165) is 6.26 Å². The van der Waals surface area contributed by atoms with Crippen LogP contribution in [0, 0.1) is 0 Å². The quantitative estimate of drug-likeness (QED) is 0.606. The molecule has 0 unspecified atom stereocenters. The summed E-state index contributed by atoms with van der Waals surface area (Å²) in [5.41, 5.74) is -1.42. The number of nitrogens with zero attached hydrogens (tertiary/aromatic N) is 1. The Morgan fingerprint density at radius 2 is 2.14 bits per heavy atom. The number of hydrogen-bond acceptors (Lipinski definition) is 5. The van der Waals surface area contributed by atoms with Gasteiger partial charge in [-0.2, -0.15) is 0 Å². The summed E-state index contributed by atoms with van der Waals surface area (Å²) in [5.74, 6) is -1.46. The molecule has 2 N–H and O–H groups in total. The van der Waals surface area contributed by atoms with Gasteiger partial charge in [0, 0.05) is 12.3 Å². The molecule has 0 aromatic carbocycles. The molecule has 1 aromatic rings. The zero-order valence-electron chi connectivity index (χ0n) is 7.01. The Kier molecular flexibility index (Phi) is 2.39. The lowest BCUT2D eigenvalue weighted by molar-refractivity contribution is 0.0689. The van der Waals surface area contributed by atoms with Crippen LogP contribution in [0.1, 0.15) is 10.5 Å². The van der Waals surface area contributed by atoms with Crippen molar-refractivity contribution in [2.75, 3.05) is 6.26 Å². The highest BCUT2D eigenvalue weighted by Gasteiger charge is 2.14. The van der Waals surface area contributed by atoms with Gasteiger partial charge < -0.3 is 5.11 Å². The Morgan fingerprint density at radius 1 is 1.57 bits per heavy atom. The van der Waals surface area contributed by atoms with Gasteiger partial charge in [-0.25, -0.2) is 18.2 Å². The van der Waals surface area contributed by atoms with Crippen molar-refractivity contribution in [3.05, 3.63) is 22.1 Å². The average Bonchev–Trinajstić information content (AvgIpc) is 2.01. The van der Waals surface area contributed by atoms with Gasteiger partial charge in [0.15, 0.2) is 5.69 Å². The lowest BCUT2D eigenvalue weighted by atomic mass is 10.4. The van der Waals surface area contributed by atoms with Crippen molar-refractivity contribution in [3.63, 3.8) is 0 Å². The van der Waals surface area contributed by atoms with E-state index in [4.69, 9.17) is 5.11 Å². The van der Waals surface area contributed by atoms with Gasteiger partial charge in [0.05, 0.1) is 0 Å². The number of aromatic amines is 1. The minimum Gasteiger partial charge on any atom is -0.477 e. The smallest absolute Gasteiger partial charge is 0.354 e. The number of H-pyrrole nitrogens is 1. The second-order valence-corrected chi connectivity index (χ2v) is 4.44. The van der Waals surface area contributed by atoms with Crippen molar-refractivity contribution < 1.29 is 18.3 Å². The van der Waals surface area contributed by atoms with Gasteiger partial charge in [0.25, 0.3) is 5.56 Å². The van der Waals surface area contributed by atoms with Crippen molar-refractivity contribution in [1.82, 2.24) is 9.97 Å². The van der Waals surface area contributed by atoms with Crippen LogP contribution in [0.3, 0.4) is 0 Å². The fourth-order valence-electron chi connectivity index (χ4n) is 0.720. The van der Waals surface area contributed by atoms with Crippen molar-refractivity contribution in [2.24, 2.45) is 0 Å². The average molecular weight is 218 g/mol. The van der Waals surface area contributed by atoms with Gasteiger partial charge in [-0.15, -0.1) is 0 Å². The van der Waals surface area contributed by atoms with Gasteiger partial charge >= 0.3 is 5.97 Å². The lowest BCUT2D eigenvalue weighted by Crippen LogP contribution is -2.18. The lowest BCUT2D eigenvalue weighted by Gasteiger charge is -1.97. The summed E-state index contributed by atoms with van der Waals surface area (Å²) >= 11 is 0. The summed E-state index contributed by atoms with van der Waals surface area (Å²) in [4.78, 5) is 26.4. The zero-order chi connectivity index (χ0) is 10.9. The molecule has 0 aliphatic carbocycles. The molecule has 0 radical (unpaired) electrons. The van der Waals surface area contributed by atoms with Crippen molar-refractivity contribution in [1.29, 1.82) is 0 Å². The first-order valence-electron chi connectivity index (χ1n) is 3.35. The summed E-state index contributed by atoms with van der Waals surface area (Å²) in [5, 5.41) is 7.84. The maximum Gasteiger partial charge on any atom is 0.354 e. The molecular weight excluding hydrogens is 212 g/mol. The van der Waals surface area contributed by atoms with Crippen LogP contribution in [0.25, 0.3) is 0 Å². The summed E-state index contributed by atoms with van der Waals surface area (Å²) in [6.45, 7) is 0. The molecule has 0 atom stereocenters. The number of carboxylic acids is 1. The van der Waals surface area contributed by atoms with Crippen LogP contribution < -0.4 is 5.56 Å². The Balaban J connectivity index is 3.51. The molecule has 0 spiro atoms. The highest BCUT2D eigenvalue weighted by molar-refractivity contribution is 7.90. The van der Waals surface area contributed by atoms with Gasteiger partial charge in [-0.05, 0) is 0 Å². The van der Waals surface area contributed by atoms with Crippen LogP contribution in [0.2, 0.25) is 0 Å². The largest absolute Gasteiger partial charge is 0.477 e. The first kappa shape index (κ1) is 10.4. The molecular formula is C6H6N2O5S. The monoisotopic (exact) mass is 218 g/mol. The predicted octanol–water partition coefficient (Wildman–Crippen LogP) is -1.13. The zero-order valence-corrected chi connectivity index (χ0v) is 7.83. The standard InChI is InChI=1S/C6H6N2O5S/c1-14(12,13)6-7-3(5(10)11)2-4(9)8-6/h2H,1H3,(H,10,11)(H,7,8,9). The van der Waals surface area contributed by atoms with Gasteiger partial charge in [-0.3, -0.25) is 9.78 Å². The fourth-order valence-corrected chi connectivity index (χ4v) is 1.27. The molecule has 1 rings (SSSR count). The van der Waals surface area contributed by atoms with Crippen LogP contribution in [-0.2, 0) is 9.84 Å². The summed E-state index contributed by atoms with van der Waals surface area (Å²) < 4.78 is 21.9. The maximum atomic E-state index is 10.9. The van der Waals surface area contributed by atoms with E-state index < -0.39 is 32.2 Å². The van der Waals surface area contributed by atoms with Crippen molar-refractivity contribution >= 4 is 15.8 Å². The second kappa shape index (κ2) is 3.22. The molecule has 7 nitrogen and oxygen atoms in total. The Morgan fingerprint density at radius 3 is 2.57 bits per heavy atom. The molecule has 0 fully saturated rings. The number of carboxylic acid groups (broad SMARTS) is 1. The van der Waals surface area contributed by atoms with Crippen LogP contribution in [0.4, 0.5) is 0 Å². The predicted molar refractivity (Wildman–Crippen MR) is 44.9 cm³/mol. The van der Waals surface area contributed by atoms with Crippen molar-refractivity contribution in [2.45, 2.75) is 5.16 Å². The van der Waals surface area contributed by atoms with E-state index >= 15 is 0 Å². The highest BCUT2D eigenvalue weighted by Crippen LogP contribution is 1.99. The minimum atomic E-state index is -3.71. The van der Waals surface area contributed by atoms with Gasteiger partial charge in [0.1, 0.15) is 0 Å². The number of aromatic nitrogens is 2. The molecule has 0 aliphatic rings. The molecule has 8 heteroatoms. The van der Waals surface area contributed by atoms with E-state index in [2.05, 4.69) is 4.98 Å². The number of aromatic carboxylic acids is 1. The minimum absolute atomic E-state index is 0.603. The normalized spacial score (nSPS) is 11.2. The molecule has 76 valence electrons. The number of hydrogen-bond donors (Lipinski definition) is 2. The van der Waals surface area contributed by atoms with E-state index in [9.17, 15) is 18.0 Å². The van der Waals surface area contributed by atoms with Crippen LogP contribution in [-0.4, -0.2) is 35.7 Å². The first-order valence-corrected chi connectivity index (χ1v) is 5.24. The molecule has 14 heavy (non-hydrogen) atoms. The third-order valence-electron chi connectivity index (χ3n) is 1.29. The third-order valence-corrected chi connectivity index (χ3v) is 2.19. The molecule has 0 saturated heterocycles. The molecule has 0 amide bonds. The van der Waals surface area contributed by atoms with E-state index in [-0.39, 0.29) is 0 Å². The van der Waals surface area contributed by atoms with E-state index in [0.29, 0.717) is 6.07 Å². The summed E-state index contributed by atoms with van der Waals surface area (Å²) in [7, 11) is -3.71. The number of carbonyl (C=O) groups is 1. The van der Waals surface area contributed by atoms with E-state index in [1.165, 1.54) is 0 Å². The number of rotatable bonds is 2. The van der Waals surface area contributed by atoms with Crippen molar-refractivity contribution in [3.8, 4) is 0 Å². The highest BCUT2D eigenvalue weighted by atomic mass is 32.2. The third kappa shape index (κ3) is 2.16. The molecule has 1 aromatic heterocycles. The molecule has 0 bridgehead atoms. The Bertz CT molecular complexity index is 529. The van der Waals surface area contributed by atoms with E-state index in [1.807, 2.05) is 4.98 Å². The molecule has 1 heterocycles. The van der Waals surface area contributed by atoms with Gasteiger partial charge in [0.2, 0.25) is 15.0 Å². The summed E-state index contributed by atoms with van der Waals surface area (Å²) in [6, 6.07) is 0.705. The summed E-state index contributed by atoms with van der Waals surface area (Å²) in [6.07, 6.45) is 0.816. The fraction of sp³-hybridized carbons (Fsp3) is 0.167. The SMILES string of the molecule is CS(=O)(=O)c1nc(C(=O)O)cc(=O)[nH]1. The first-order chi connectivity index (χ1) is 6.30. The van der Waals surface area contributed by atoms with Crippen LogP contribution >= 0.6 is 0 Å². The Labute approximate surface area is 78.3 Å². The van der Waals surface area contributed by atoms with Crippen LogP contribution in [0.15, 0.2) is 16.0 Å².